The third-order valence-electron chi connectivity index (χ3n) is 4.62. The average Bonchev–Trinajstić information content (AvgIpc) is 3.14. The van der Waals surface area contributed by atoms with Crippen LogP contribution >= 0.6 is 11.3 Å². The number of carbonyl (C=O) groups is 1. The molecule has 1 aromatic carbocycles. The van der Waals surface area contributed by atoms with E-state index < -0.39 is 0 Å². The SMILES string of the molecule is C[C@@H](C(=O)NCc1cccs1)N1CCC(Nc2ccccc2)CC1. The summed E-state index contributed by atoms with van der Waals surface area (Å²) in [6, 6.07) is 14.8. The van der Waals surface area contributed by atoms with Gasteiger partial charge in [-0.05, 0) is 43.3 Å². The fraction of sp³-hybridized carbons (Fsp3) is 0.421. The molecule has 1 aromatic heterocycles. The number of carbonyl (C=O) groups excluding carboxylic acids is 1. The van der Waals surface area contributed by atoms with Crippen LogP contribution in [-0.2, 0) is 11.3 Å². The minimum Gasteiger partial charge on any atom is -0.382 e. The highest BCUT2D eigenvalue weighted by atomic mass is 32.1. The summed E-state index contributed by atoms with van der Waals surface area (Å²) in [6.07, 6.45) is 2.13. The molecule has 0 radical (unpaired) electrons. The molecule has 0 unspecified atom stereocenters. The van der Waals surface area contributed by atoms with Crippen molar-refractivity contribution in [1.29, 1.82) is 0 Å². The van der Waals surface area contributed by atoms with E-state index in [0.29, 0.717) is 12.6 Å². The van der Waals surface area contributed by atoms with Gasteiger partial charge in [0.2, 0.25) is 5.91 Å². The Morgan fingerprint density at radius 3 is 2.62 bits per heavy atom. The number of nitrogens with one attached hydrogen (secondary N) is 2. The summed E-state index contributed by atoms with van der Waals surface area (Å²) in [5.41, 5.74) is 1.18. The number of nitrogens with zero attached hydrogens (tertiary/aromatic N) is 1. The lowest BCUT2D eigenvalue weighted by atomic mass is 10.0. The first-order valence-electron chi connectivity index (χ1n) is 8.58. The second-order valence-electron chi connectivity index (χ2n) is 6.29. The third kappa shape index (κ3) is 4.58. The normalized spacial score (nSPS) is 17.4. The van der Waals surface area contributed by atoms with E-state index in [-0.39, 0.29) is 11.9 Å². The summed E-state index contributed by atoms with van der Waals surface area (Å²) in [4.78, 5) is 15.8. The molecule has 1 fully saturated rings. The van der Waals surface area contributed by atoms with Crippen LogP contribution in [0.15, 0.2) is 47.8 Å². The molecule has 0 spiro atoms. The minimum absolute atomic E-state index is 0.0670. The molecule has 0 aliphatic carbocycles. The number of anilines is 1. The van der Waals surface area contributed by atoms with E-state index in [1.54, 1.807) is 11.3 Å². The van der Waals surface area contributed by atoms with Crippen molar-refractivity contribution in [1.82, 2.24) is 10.2 Å². The lowest BCUT2D eigenvalue weighted by molar-refractivity contribution is -0.126. The second kappa shape index (κ2) is 8.31. The van der Waals surface area contributed by atoms with E-state index >= 15 is 0 Å². The summed E-state index contributed by atoms with van der Waals surface area (Å²) in [5.74, 6) is 0.123. The fourth-order valence-corrected chi connectivity index (χ4v) is 3.75. The molecule has 24 heavy (non-hydrogen) atoms. The molecule has 2 N–H and O–H groups in total. The summed E-state index contributed by atoms with van der Waals surface area (Å²) in [5, 5.41) is 8.67. The van der Waals surface area contributed by atoms with E-state index in [9.17, 15) is 4.79 Å². The van der Waals surface area contributed by atoms with E-state index in [2.05, 4.69) is 45.9 Å². The number of thiophene rings is 1. The number of hydrogen-bond donors (Lipinski definition) is 2. The lowest BCUT2D eigenvalue weighted by Gasteiger charge is -2.36. The van der Waals surface area contributed by atoms with Gasteiger partial charge in [0.05, 0.1) is 12.6 Å². The number of para-hydroxylation sites is 1. The topological polar surface area (TPSA) is 44.4 Å². The Morgan fingerprint density at radius 2 is 1.96 bits per heavy atom. The Labute approximate surface area is 147 Å². The van der Waals surface area contributed by atoms with Crippen molar-refractivity contribution < 1.29 is 4.79 Å². The number of amides is 1. The van der Waals surface area contributed by atoms with E-state index in [1.165, 1.54) is 10.6 Å². The van der Waals surface area contributed by atoms with Crippen molar-refractivity contribution in [3.63, 3.8) is 0 Å². The Balaban J connectivity index is 1.42. The highest BCUT2D eigenvalue weighted by Gasteiger charge is 2.26. The molecule has 1 amide bonds. The van der Waals surface area contributed by atoms with Crippen LogP contribution in [0.5, 0.6) is 0 Å². The molecule has 1 aliphatic rings. The van der Waals surface area contributed by atoms with Crippen molar-refractivity contribution in [2.75, 3.05) is 18.4 Å². The van der Waals surface area contributed by atoms with Crippen molar-refractivity contribution in [2.45, 2.75) is 38.4 Å². The molecule has 1 atom stereocenters. The van der Waals surface area contributed by atoms with Gasteiger partial charge in [-0.15, -0.1) is 11.3 Å². The average molecular weight is 343 g/mol. The Bertz CT molecular complexity index is 621. The standard InChI is InChI=1S/C19H25N3OS/c1-15(19(23)20-14-18-8-5-13-24-18)22-11-9-17(10-12-22)21-16-6-3-2-4-7-16/h2-8,13,15,17,21H,9-12,14H2,1H3,(H,20,23)/t15-/m0/s1. The van der Waals surface area contributed by atoms with Crippen LogP contribution in [0, 0.1) is 0 Å². The fourth-order valence-electron chi connectivity index (χ4n) is 3.10. The van der Waals surface area contributed by atoms with Crippen LogP contribution in [0.3, 0.4) is 0 Å². The first kappa shape index (κ1) is 17.0. The van der Waals surface area contributed by atoms with Crippen LogP contribution in [0.25, 0.3) is 0 Å². The molecule has 3 rings (SSSR count). The van der Waals surface area contributed by atoms with Gasteiger partial charge in [0.1, 0.15) is 0 Å². The van der Waals surface area contributed by atoms with Gasteiger partial charge < -0.3 is 10.6 Å². The van der Waals surface area contributed by atoms with E-state index in [1.807, 2.05) is 24.4 Å². The number of benzene rings is 1. The van der Waals surface area contributed by atoms with Gasteiger partial charge in [-0.2, -0.15) is 0 Å². The number of piperidine rings is 1. The maximum Gasteiger partial charge on any atom is 0.237 e. The Kier molecular flexibility index (Phi) is 5.88. The number of hydrogen-bond acceptors (Lipinski definition) is 4. The molecule has 128 valence electrons. The molecule has 1 aliphatic heterocycles. The van der Waals surface area contributed by atoms with Gasteiger partial charge in [0, 0.05) is 29.7 Å². The van der Waals surface area contributed by atoms with Crippen LogP contribution < -0.4 is 10.6 Å². The van der Waals surface area contributed by atoms with Crippen LogP contribution in [0.1, 0.15) is 24.6 Å². The molecule has 0 bridgehead atoms. The smallest absolute Gasteiger partial charge is 0.237 e. The molecule has 1 saturated heterocycles. The molecule has 5 heteroatoms. The second-order valence-corrected chi connectivity index (χ2v) is 7.33. The summed E-state index contributed by atoms with van der Waals surface area (Å²) in [7, 11) is 0. The van der Waals surface area contributed by atoms with Crippen LogP contribution in [-0.4, -0.2) is 36.0 Å². The van der Waals surface area contributed by atoms with Gasteiger partial charge in [0.15, 0.2) is 0 Å². The first-order chi connectivity index (χ1) is 11.7. The highest BCUT2D eigenvalue weighted by molar-refractivity contribution is 7.09. The molecule has 0 saturated carbocycles. The van der Waals surface area contributed by atoms with Gasteiger partial charge in [-0.25, -0.2) is 0 Å². The first-order valence-corrected chi connectivity index (χ1v) is 9.46. The van der Waals surface area contributed by atoms with Crippen molar-refractivity contribution >= 4 is 22.9 Å². The molecule has 2 aromatic rings. The van der Waals surface area contributed by atoms with E-state index in [0.717, 1.165) is 25.9 Å². The molecular weight excluding hydrogens is 318 g/mol. The maximum atomic E-state index is 12.3. The summed E-state index contributed by atoms with van der Waals surface area (Å²) >= 11 is 1.68. The predicted octanol–water partition coefficient (Wildman–Crippen LogP) is 3.33. The van der Waals surface area contributed by atoms with Crippen LogP contribution in [0.2, 0.25) is 0 Å². The minimum atomic E-state index is -0.0670. The van der Waals surface area contributed by atoms with Gasteiger partial charge in [-0.3, -0.25) is 9.69 Å². The third-order valence-corrected chi connectivity index (χ3v) is 5.49. The summed E-state index contributed by atoms with van der Waals surface area (Å²) in [6.45, 7) is 4.55. The highest BCUT2D eigenvalue weighted by Crippen LogP contribution is 2.18. The zero-order chi connectivity index (χ0) is 16.8. The van der Waals surface area contributed by atoms with Crippen molar-refractivity contribution in [3.05, 3.63) is 52.7 Å². The van der Waals surface area contributed by atoms with Crippen molar-refractivity contribution in [2.24, 2.45) is 0 Å². The Hall–Kier alpha value is -1.85. The van der Waals surface area contributed by atoms with Gasteiger partial charge >= 0.3 is 0 Å². The maximum absolute atomic E-state index is 12.3. The van der Waals surface area contributed by atoms with Crippen LogP contribution in [0.4, 0.5) is 5.69 Å². The van der Waals surface area contributed by atoms with Crippen molar-refractivity contribution in [3.8, 4) is 0 Å². The predicted molar refractivity (Wildman–Crippen MR) is 100 cm³/mol. The zero-order valence-corrected chi connectivity index (χ0v) is 14.9. The number of likely N-dealkylation sites (tertiary alicyclic amines) is 1. The molecule has 4 nitrogen and oxygen atoms in total. The summed E-state index contributed by atoms with van der Waals surface area (Å²) < 4.78 is 0. The molecular formula is C19H25N3OS. The van der Waals surface area contributed by atoms with Gasteiger partial charge in [-0.1, -0.05) is 24.3 Å². The Morgan fingerprint density at radius 1 is 1.21 bits per heavy atom. The molecule has 2 heterocycles. The number of rotatable bonds is 6. The zero-order valence-electron chi connectivity index (χ0n) is 14.1. The lowest BCUT2D eigenvalue weighted by Crippen LogP contribution is -2.49. The van der Waals surface area contributed by atoms with E-state index in [4.69, 9.17) is 0 Å². The quantitative estimate of drug-likeness (QED) is 0.846. The largest absolute Gasteiger partial charge is 0.382 e. The monoisotopic (exact) mass is 343 g/mol. The van der Waals surface area contributed by atoms with Gasteiger partial charge in [0.25, 0.3) is 0 Å².